The van der Waals surface area contributed by atoms with Crippen molar-refractivity contribution in [2.24, 2.45) is 5.73 Å². The number of likely N-dealkylation sites (tertiary alicyclic amines) is 1. The highest BCUT2D eigenvalue weighted by molar-refractivity contribution is 9.10. The van der Waals surface area contributed by atoms with E-state index in [9.17, 15) is 0 Å². The predicted octanol–water partition coefficient (Wildman–Crippen LogP) is 2.48. The van der Waals surface area contributed by atoms with Crippen LogP contribution in [0.25, 0.3) is 0 Å². The highest BCUT2D eigenvalue weighted by Gasteiger charge is 2.21. The molecule has 1 aromatic rings. The Morgan fingerprint density at radius 2 is 2.05 bits per heavy atom. The van der Waals surface area contributed by atoms with E-state index >= 15 is 0 Å². The van der Waals surface area contributed by atoms with Crippen LogP contribution in [0.5, 0.6) is 0 Å². The maximum atomic E-state index is 5.62. The van der Waals surface area contributed by atoms with Crippen LogP contribution in [0, 0.1) is 0 Å². The quantitative estimate of drug-likeness (QED) is 0.923. The topological polar surface area (TPSA) is 32.5 Å². The third kappa shape index (κ3) is 3.71. The highest BCUT2D eigenvalue weighted by Crippen LogP contribution is 2.27. The molecule has 1 fully saturated rings. The summed E-state index contributed by atoms with van der Waals surface area (Å²) in [5, 5.41) is 0. The minimum atomic E-state index is 0.656. The van der Waals surface area contributed by atoms with Crippen molar-refractivity contribution in [2.45, 2.75) is 25.3 Å². The summed E-state index contributed by atoms with van der Waals surface area (Å²) in [6.07, 6.45) is 3.42. The van der Waals surface area contributed by atoms with Crippen molar-refractivity contribution in [1.82, 2.24) is 4.90 Å². The fourth-order valence-corrected chi connectivity index (χ4v) is 3.27. The van der Waals surface area contributed by atoms with Gasteiger partial charge >= 0.3 is 0 Å². The van der Waals surface area contributed by atoms with E-state index in [0.29, 0.717) is 12.6 Å². The first-order chi connectivity index (χ1) is 9.11. The number of nitrogens with zero attached hydrogens (tertiary/aromatic N) is 2. The fraction of sp³-hybridized carbons (Fsp3) is 0.600. The fourth-order valence-electron chi connectivity index (χ4n) is 2.71. The number of anilines is 1. The molecule has 0 saturated carbocycles. The molecule has 2 N–H and O–H groups in total. The Kier molecular flexibility index (Phi) is 5.25. The zero-order chi connectivity index (χ0) is 13.8. The summed E-state index contributed by atoms with van der Waals surface area (Å²) in [7, 11) is 4.41. The van der Waals surface area contributed by atoms with Crippen molar-refractivity contribution in [3.05, 3.63) is 28.2 Å². The minimum absolute atomic E-state index is 0.656. The van der Waals surface area contributed by atoms with Gasteiger partial charge in [-0.15, -0.1) is 0 Å². The average molecular weight is 326 g/mol. The molecule has 0 atom stereocenters. The average Bonchev–Trinajstić information content (AvgIpc) is 2.41. The van der Waals surface area contributed by atoms with Crippen LogP contribution in [0.2, 0.25) is 0 Å². The van der Waals surface area contributed by atoms with Crippen LogP contribution in [0.15, 0.2) is 22.7 Å². The van der Waals surface area contributed by atoms with E-state index in [1.54, 1.807) is 0 Å². The van der Waals surface area contributed by atoms with Gasteiger partial charge in [-0.3, -0.25) is 0 Å². The smallest absolute Gasteiger partial charge is 0.0377 e. The molecule has 1 heterocycles. The van der Waals surface area contributed by atoms with E-state index in [0.717, 1.165) is 6.42 Å². The molecule has 0 unspecified atom stereocenters. The molecule has 1 aromatic carbocycles. The second-order valence-corrected chi connectivity index (χ2v) is 6.31. The number of nitrogens with two attached hydrogens (primary N) is 1. The van der Waals surface area contributed by atoms with Crippen LogP contribution >= 0.6 is 15.9 Å². The predicted molar refractivity (Wildman–Crippen MR) is 85.8 cm³/mol. The molecular formula is C15H24BrN3. The Morgan fingerprint density at radius 3 is 2.63 bits per heavy atom. The van der Waals surface area contributed by atoms with E-state index in [1.165, 1.54) is 41.7 Å². The van der Waals surface area contributed by atoms with Crippen LogP contribution in [0.1, 0.15) is 18.4 Å². The molecule has 1 saturated heterocycles. The lowest BCUT2D eigenvalue weighted by atomic mass is 10.0. The second kappa shape index (κ2) is 6.73. The molecule has 19 heavy (non-hydrogen) atoms. The number of piperidine rings is 1. The maximum Gasteiger partial charge on any atom is 0.0377 e. The third-order valence-electron chi connectivity index (χ3n) is 4.09. The van der Waals surface area contributed by atoms with E-state index in [2.05, 4.69) is 58.0 Å². The SMILES string of the molecule is CN1CCC(N(C)c2ccc(CCN)c(Br)c2)CC1. The van der Waals surface area contributed by atoms with Gasteiger partial charge in [-0.05, 0) is 63.6 Å². The molecule has 0 amide bonds. The summed E-state index contributed by atoms with van der Waals surface area (Å²) in [6, 6.07) is 7.29. The lowest BCUT2D eigenvalue weighted by Gasteiger charge is -2.36. The largest absolute Gasteiger partial charge is 0.371 e. The monoisotopic (exact) mass is 325 g/mol. The van der Waals surface area contributed by atoms with Crippen molar-refractivity contribution in [2.75, 3.05) is 38.6 Å². The first-order valence-corrected chi connectivity index (χ1v) is 7.81. The zero-order valence-corrected chi connectivity index (χ0v) is 13.5. The Hall–Kier alpha value is -0.580. The van der Waals surface area contributed by atoms with Gasteiger partial charge in [0.15, 0.2) is 0 Å². The number of hydrogen-bond acceptors (Lipinski definition) is 3. The van der Waals surface area contributed by atoms with Crippen LogP contribution in [-0.4, -0.2) is 44.7 Å². The van der Waals surface area contributed by atoms with Gasteiger partial charge in [-0.2, -0.15) is 0 Å². The Labute approximate surface area is 124 Å². The number of rotatable bonds is 4. The summed E-state index contributed by atoms with van der Waals surface area (Å²) in [5.74, 6) is 0. The van der Waals surface area contributed by atoms with Gasteiger partial charge in [-0.1, -0.05) is 22.0 Å². The summed E-state index contributed by atoms with van der Waals surface area (Å²) >= 11 is 3.66. The van der Waals surface area contributed by atoms with Gasteiger partial charge < -0.3 is 15.5 Å². The van der Waals surface area contributed by atoms with Crippen molar-refractivity contribution in [1.29, 1.82) is 0 Å². The lowest BCUT2D eigenvalue weighted by molar-refractivity contribution is 0.253. The molecule has 2 rings (SSSR count). The molecule has 106 valence electrons. The van der Waals surface area contributed by atoms with E-state index < -0.39 is 0 Å². The Morgan fingerprint density at radius 1 is 1.37 bits per heavy atom. The van der Waals surface area contributed by atoms with Gasteiger partial charge in [0.05, 0.1) is 0 Å². The molecule has 1 aliphatic heterocycles. The van der Waals surface area contributed by atoms with Crippen LogP contribution in [0.4, 0.5) is 5.69 Å². The van der Waals surface area contributed by atoms with Crippen LogP contribution in [-0.2, 0) is 6.42 Å². The maximum absolute atomic E-state index is 5.62. The molecule has 0 aliphatic carbocycles. The van der Waals surface area contributed by atoms with E-state index in [-0.39, 0.29) is 0 Å². The summed E-state index contributed by atoms with van der Waals surface area (Å²) in [6.45, 7) is 3.09. The molecule has 0 bridgehead atoms. The van der Waals surface area contributed by atoms with Gasteiger partial charge in [0.25, 0.3) is 0 Å². The van der Waals surface area contributed by atoms with Gasteiger partial charge in [0, 0.05) is 23.2 Å². The number of halogens is 1. The van der Waals surface area contributed by atoms with Crippen LogP contribution in [0.3, 0.4) is 0 Å². The third-order valence-corrected chi connectivity index (χ3v) is 4.83. The van der Waals surface area contributed by atoms with Crippen molar-refractivity contribution < 1.29 is 0 Å². The lowest BCUT2D eigenvalue weighted by Crippen LogP contribution is -2.42. The molecule has 1 aliphatic rings. The first-order valence-electron chi connectivity index (χ1n) is 7.01. The van der Waals surface area contributed by atoms with Crippen molar-refractivity contribution in [3.8, 4) is 0 Å². The minimum Gasteiger partial charge on any atom is -0.371 e. The van der Waals surface area contributed by atoms with E-state index in [4.69, 9.17) is 5.73 Å². The normalized spacial score (nSPS) is 17.7. The molecule has 0 aromatic heterocycles. The molecule has 3 nitrogen and oxygen atoms in total. The van der Waals surface area contributed by atoms with Crippen molar-refractivity contribution in [3.63, 3.8) is 0 Å². The molecule has 0 spiro atoms. The summed E-state index contributed by atoms with van der Waals surface area (Å²) < 4.78 is 1.18. The summed E-state index contributed by atoms with van der Waals surface area (Å²) in [5.41, 5.74) is 8.21. The first kappa shape index (κ1) is 14.8. The summed E-state index contributed by atoms with van der Waals surface area (Å²) in [4.78, 5) is 4.83. The molecule has 0 radical (unpaired) electrons. The van der Waals surface area contributed by atoms with Crippen LogP contribution < -0.4 is 10.6 Å². The number of benzene rings is 1. The number of hydrogen-bond donors (Lipinski definition) is 1. The Bertz CT molecular complexity index is 414. The van der Waals surface area contributed by atoms with E-state index in [1.807, 2.05) is 0 Å². The standard InChI is InChI=1S/C15H24BrN3/c1-18-9-6-13(7-10-18)19(2)14-4-3-12(5-8-17)15(16)11-14/h3-4,11,13H,5-10,17H2,1-2H3. The zero-order valence-electron chi connectivity index (χ0n) is 11.9. The highest BCUT2D eigenvalue weighted by atomic mass is 79.9. The molecule has 4 heteroatoms. The second-order valence-electron chi connectivity index (χ2n) is 5.46. The van der Waals surface area contributed by atoms with Gasteiger partial charge in [0.2, 0.25) is 0 Å². The Balaban J connectivity index is 2.06. The molecular weight excluding hydrogens is 302 g/mol. The van der Waals surface area contributed by atoms with Gasteiger partial charge in [0.1, 0.15) is 0 Å². The van der Waals surface area contributed by atoms with Gasteiger partial charge in [-0.25, -0.2) is 0 Å². The van der Waals surface area contributed by atoms with Crippen molar-refractivity contribution >= 4 is 21.6 Å².